The SMILES string of the molecule is Cc1ccc(C(C)C)c(OCC(/C(N)=N/O)C(F)(F)F)c1. The zero-order valence-corrected chi connectivity index (χ0v) is 12.1. The molecule has 0 fully saturated rings. The zero-order chi connectivity index (χ0) is 16.2. The first-order valence-corrected chi connectivity index (χ1v) is 6.44. The first-order valence-electron chi connectivity index (χ1n) is 6.44. The van der Waals surface area contributed by atoms with Crippen LogP contribution in [-0.2, 0) is 0 Å². The van der Waals surface area contributed by atoms with Gasteiger partial charge >= 0.3 is 6.18 Å². The van der Waals surface area contributed by atoms with Crippen LogP contribution >= 0.6 is 0 Å². The third-order valence-electron chi connectivity index (χ3n) is 3.06. The summed E-state index contributed by atoms with van der Waals surface area (Å²) in [4.78, 5) is 0. The summed E-state index contributed by atoms with van der Waals surface area (Å²) in [6, 6.07) is 5.36. The molecule has 0 bridgehead atoms. The third kappa shape index (κ3) is 4.54. The van der Waals surface area contributed by atoms with Gasteiger partial charge in [-0.1, -0.05) is 31.1 Å². The van der Waals surface area contributed by atoms with Gasteiger partial charge in [0.15, 0.2) is 5.84 Å². The van der Waals surface area contributed by atoms with E-state index in [2.05, 4.69) is 5.16 Å². The molecular formula is C14H19F3N2O2. The lowest BCUT2D eigenvalue weighted by atomic mass is 10.0. The Labute approximate surface area is 121 Å². The number of hydrogen-bond donors (Lipinski definition) is 2. The molecule has 0 heterocycles. The zero-order valence-electron chi connectivity index (χ0n) is 12.1. The van der Waals surface area contributed by atoms with Gasteiger partial charge in [-0.15, -0.1) is 0 Å². The van der Waals surface area contributed by atoms with Crippen molar-refractivity contribution in [1.29, 1.82) is 0 Å². The van der Waals surface area contributed by atoms with Gasteiger partial charge in [0, 0.05) is 0 Å². The van der Waals surface area contributed by atoms with E-state index in [0.717, 1.165) is 11.1 Å². The number of benzene rings is 1. The van der Waals surface area contributed by atoms with E-state index >= 15 is 0 Å². The molecule has 0 amide bonds. The molecule has 0 aromatic heterocycles. The van der Waals surface area contributed by atoms with E-state index in [1.54, 1.807) is 6.07 Å². The van der Waals surface area contributed by atoms with E-state index in [9.17, 15) is 13.2 Å². The highest BCUT2D eigenvalue weighted by Gasteiger charge is 2.43. The first-order chi connectivity index (χ1) is 9.66. The van der Waals surface area contributed by atoms with Gasteiger partial charge in [0.05, 0.1) is 0 Å². The molecule has 4 nitrogen and oxygen atoms in total. The van der Waals surface area contributed by atoms with Gasteiger partial charge in [0.2, 0.25) is 0 Å². The van der Waals surface area contributed by atoms with Gasteiger partial charge in [0.25, 0.3) is 0 Å². The van der Waals surface area contributed by atoms with Crippen molar-refractivity contribution in [3.8, 4) is 5.75 Å². The molecule has 7 heteroatoms. The molecule has 118 valence electrons. The molecule has 1 aromatic carbocycles. The van der Waals surface area contributed by atoms with E-state index in [4.69, 9.17) is 15.7 Å². The van der Waals surface area contributed by atoms with Crippen molar-refractivity contribution in [3.63, 3.8) is 0 Å². The smallest absolute Gasteiger partial charge is 0.402 e. The van der Waals surface area contributed by atoms with Crippen molar-refractivity contribution in [2.45, 2.75) is 32.9 Å². The highest BCUT2D eigenvalue weighted by Crippen LogP contribution is 2.31. The Hall–Kier alpha value is -1.92. The normalized spacial score (nSPS) is 14.3. The minimum absolute atomic E-state index is 0.105. The number of hydrogen-bond acceptors (Lipinski definition) is 3. The number of aryl methyl sites for hydroxylation is 1. The standard InChI is InChI=1S/C14H19F3N2O2/c1-8(2)10-5-4-9(3)6-12(10)21-7-11(13(18)19-20)14(15,16)17/h4-6,8,11,20H,7H2,1-3H3,(H2,18,19). The first kappa shape index (κ1) is 17.1. The van der Waals surface area contributed by atoms with Crippen LogP contribution in [0.15, 0.2) is 23.4 Å². The number of amidine groups is 1. The van der Waals surface area contributed by atoms with Crippen LogP contribution < -0.4 is 10.5 Å². The van der Waals surface area contributed by atoms with Crippen molar-refractivity contribution < 1.29 is 23.1 Å². The molecule has 0 saturated carbocycles. The quantitative estimate of drug-likeness (QED) is 0.379. The van der Waals surface area contributed by atoms with Crippen molar-refractivity contribution in [2.75, 3.05) is 6.61 Å². The molecule has 1 aromatic rings. The molecule has 0 radical (unpaired) electrons. The van der Waals surface area contributed by atoms with Gasteiger partial charge in [-0.3, -0.25) is 0 Å². The van der Waals surface area contributed by atoms with Crippen LogP contribution in [0.4, 0.5) is 13.2 Å². The molecule has 0 spiro atoms. The summed E-state index contributed by atoms with van der Waals surface area (Å²) in [6.45, 7) is 4.93. The van der Waals surface area contributed by atoms with Crippen LogP contribution in [0.2, 0.25) is 0 Å². The van der Waals surface area contributed by atoms with Crippen LogP contribution in [-0.4, -0.2) is 23.8 Å². The maximum Gasteiger partial charge on any atom is 0.402 e. The molecule has 0 aliphatic rings. The summed E-state index contributed by atoms with van der Waals surface area (Å²) < 4.78 is 43.8. The van der Waals surface area contributed by atoms with Gasteiger partial charge in [-0.2, -0.15) is 13.2 Å². The highest BCUT2D eigenvalue weighted by atomic mass is 19.4. The Morgan fingerprint density at radius 1 is 1.38 bits per heavy atom. The second kappa shape index (κ2) is 6.69. The van der Waals surface area contributed by atoms with Crippen molar-refractivity contribution in [1.82, 2.24) is 0 Å². The van der Waals surface area contributed by atoms with Gasteiger partial charge in [-0.05, 0) is 30.0 Å². The summed E-state index contributed by atoms with van der Waals surface area (Å²) >= 11 is 0. The minimum atomic E-state index is -4.64. The van der Waals surface area contributed by atoms with Crippen LogP contribution in [0.1, 0.15) is 30.9 Å². The lowest BCUT2D eigenvalue weighted by molar-refractivity contribution is -0.162. The number of ether oxygens (including phenoxy) is 1. The number of oxime groups is 1. The van der Waals surface area contributed by atoms with Gasteiger partial charge < -0.3 is 15.7 Å². The molecule has 21 heavy (non-hydrogen) atoms. The molecule has 0 saturated heterocycles. The Morgan fingerprint density at radius 2 is 2.00 bits per heavy atom. The van der Waals surface area contributed by atoms with Crippen LogP contribution in [0, 0.1) is 12.8 Å². The third-order valence-corrected chi connectivity index (χ3v) is 3.06. The Morgan fingerprint density at radius 3 is 2.48 bits per heavy atom. The highest BCUT2D eigenvalue weighted by molar-refractivity contribution is 5.83. The summed E-state index contributed by atoms with van der Waals surface area (Å²) in [5.74, 6) is -2.58. The summed E-state index contributed by atoms with van der Waals surface area (Å²) in [5, 5.41) is 10.9. The number of halogens is 3. The number of rotatable bonds is 5. The summed E-state index contributed by atoms with van der Waals surface area (Å²) in [5.41, 5.74) is 6.78. The Balaban J connectivity index is 2.98. The molecule has 1 rings (SSSR count). The average Bonchev–Trinajstić information content (AvgIpc) is 2.36. The van der Waals surface area contributed by atoms with E-state index in [-0.39, 0.29) is 5.92 Å². The Bertz CT molecular complexity index is 513. The van der Waals surface area contributed by atoms with Crippen molar-refractivity contribution in [2.24, 2.45) is 16.8 Å². The van der Waals surface area contributed by atoms with Gasteiger partial charge in [0.1, 0.15) is 18.3 Å². The average molecular weight is 304 g/mol. The number of nitrogens with zero attached hydrogens (tertiary/aromatic N) is 1. The number of alkyl halides is 3. The maximum absolute atomic E-state index is 12.8. The second-order valence-electron chi connectivity index (χ2n) is 5.13. The van der Waals surface area contributed by atoms with E-state index in [0.29, 0.717) is 5.75 Å². The monoisotopic (exact) mass is 304 g/mol. The molecule has 1 atom stereocenters. The van der Waals surface area contributed by atoms with Crippen molar-refractivity contribution >= 4 is 5.84 Å². The summed E-state index contributed by atoms with van der Waals surface area (Å²) in [6.07, 6.45) is -4.64. The Kier molecular flexibility index (Phi) is 5.46. The molecule has 0 aliphatic heterocycles. The summed E-state index contributed by atoms with van der Waals surface area (Å²) in [7, 11) is 0. The minimum Gasteiger partial charge on any atom is -0.492 e. The van der Waals surface area contributed by atoms with Crippen LogP contribution in [0.25, 0.3) is 0 Å². The number of nitrogens with two attached hydrogens (primary N) is 1. The fourth-order valence-electron chi connectivity index (χ4n) is 1.83. The molecule has 0 aliphatic carbocycles. The van der Waals surface area contributed by atoms with Crippen LogP contribution in [0.3, 0.4) is 0 Å². The van der Waals surface area contributed by atoms with Crippen molar-refractivity contribution in [3.05, 3.63) is 29.3 Å². The van der Waals surface area contributed by atoms with Crippen LogP contribution in [0.5, 0.6) is 5.75 Å². The molecule has 3 N–H and O–H groups in total. The van der Waals surface area contributed by atoms with E-state index < -0.39 is 24.5 Å². The van der Waals surface area contributed by atoms with E-state index in [1.807, 2.05) is 32.9 Å². The van der Waals surface area contributed by atoms with Gasteiger partial charge in [-0.25, -0.2) is 0 Å². The maximum atomic E-state index is 12.8. The molecule has 1 unspecified atom stereocenters. The predicted molar refractivity (Wildman–Crippen MR) is 73.7 cm³/mol. The lowest BCUT2D eigenvalue weighted by Crippen LogP contribution is -2.40. The molecular weight excluding hydrogens is 285 g/mol. The lowest BCUT2D eigenvalue weighted by Gasteiger charge is -2.21. The topological polar surface area (TPSA) is 67.8 Å². The van der Waals surface area contributed by atoms with E-state index in [1.165, 1.54) is 0 Å². The second-order valence-corrected chi connectivity index (χ2v) is 5.13. The fraction of sp³-hybridized carbons (Fsp3) is 0.500. The fourth-order valence-corrected chi connectivity index (χ4v) is 1.83. The largest absolute Gasteiger partial charge is 0.492 e. The predicted octanol–water partition coefficient (Wildman–Crippen LogP) is 3.42.